The Labute approximate surface area is 145 Å². The van der Waals surface area contributed by atoms with E-state index in [2.05, 4.69) is 15.4 Å². The van der Waals surface area contributed by atoms with Crippen LogP contribution >= 0.6 is 11.6 Å². The standard InChI is InChI=1S/C17H18ClN5O/c18-15-4-2-14(3-5-15)16(22-11-8-19-13-22)12-20-17(24)6-10-23-9-1-7-21-23/h1-5,7-9,11,13,16H,6,10,12H2,(H,20,24). The number of amides is 1. The predicted octanol–water partition coefficient (Wildman–Crippen LogP) is 2.53. The molecule has 1 amide bonds. The van der Waals surface area contributed by atoms with E-state index in [1.54, 1.807) is 23.4 Å². The molecule has 2 heterocycles. The highest BCUT2D eigenvalue weighted by atomic mass is 35.5. The van der Waals surface area contributed by atoms with E-state index in [4.69, 9.17) is 11.6 Å². The van der Waals surface area contributed by atoms with Crippen molar-refractivity contribution in [3.63, 3.8) is 0 Å². The van der Waals surface area contributed by atoms with Crippen molar-refractivity contribution in [1.29, 1.82) is 0 Å². The summed E-state index contributed by atoms with van der Waals surface area (Å²) in [4.78, 5) is 16.2. The topological polar surface area (TPSA) is 64.7 Å². The van der Waals surface area contributed by atoms with E-state index in [1.165, 1.54) is 0 Å². The van der Waals surface area contributed by atoms with Crippen molar-refractivity contribution in [3.05, 3.63) is 72.0 Å². The molecular weight excluding hydrogens is 326 g/mol. The first-order valence-electron chi connectivity index (χ1n) is 7.69. The van der Waals surface area contributed by atoms with Gasteiger partial charge in [-0.15, -0.1) is 0 Å². The Balaban J connectivity index is 1.62. The van der Waals surface area contributed by atoms with E-state index in [9.17, 15) is 4.79 Å². The number of aromatic nitrogens is 4. The number of benzene rings is 1. The van der Waals surface area contributed by atoms with Crippen LogP contribution in [0.3, 0.4) is 0 Å². The first kappa shape index (κ1) is 16.3. The lowest BCUT2D eigenvalue weighted by atomic mass is 10.1. The first-order chi connectivity index (χ1) is 11.7. The Kier molecular flexibility index (Phi) is 5.28. The van der Waals surface area contributed by atoms with Crippen LogP contribution in [0.5, 0.6) is 0 Å². The van der Waals surface area contributed by atoms with Crippen molar-refractivity contribution in [2.24, 2.45) is 0 Å². The van der Waals surface area contributed by atoms with E-state index >= 15 is 0 Å². The zero-order valence-corrected chi connectivity index (χ0v) is 13.8. The van der Waals surface area contributed by atoms with E-state index in [-0.39, 0.29) is 11.9 Å². The second-order valence-corrected chi connectivity index (χ2v) is 5.84. The molecule has 1 aromatic carbocycles. The number of rotatable bonds is 7. The SMILES string of the molecule is O=C(CCn1cccn1)NCC(c1ccc(Cl)cc1)n1ccnc1. The van der Waals surface area contributed by atoms with Gasteiger partial charge in [0.15, 0.2) is 0 Å². The molecule has 7 heteroatoms. The van der Waals surface area contributed by atoms with Crippen LogP contribution in [0, 0.1) is 0 Å². The summed E-state index contributed by atoms with van der Waals surface area (Å²) >= 11 is 5.96. The summed E-state index contributed by atoms with van der Waals surface area (Å²) in [6, 6.07) is 9.43. The summed E-state index contributed by atoms with van der Waals surface area (Å²) in [6.45, 7) is 1.05. The van der Waals surface area contributed by atoms with Crippen LogP contribution in [0.15, 0.2) is 61.4 Å². The van der Waals surface area contributed by atoms with Crippen molar-refractivity contribution in [2.75, 3.05) is 6.54 Å². The summed E-state index contributed by atoms with van der Waals surface area (Å²) in [6.07, 6.45) is 9.29. The summed E-state index contributed by atoms with van der Waals surface area (Å²) in [5.41, 5.74) is 1.06. The Morgan fingerprint density at radius 3 is 2.71 bits per heavy atom. The van der Waals surface area contributed by atoms with E-state index < -0.39 is 0 Å². The average Bonchev–Trinajstić information content (AvgIpc) is 3.28. The lowest BCUT2D eigenvalue weighted by Gasteiger charge is -2.20. The van der Waals surface area contributed by atoms with Gasteiger partial charge in [-0.3, -0.25) is 9.48 Å². The minimum absolute atomic E-state index is 0.00965. The maximum absolute atomic E-state index is 12.1. The van der Waals surface area contributed by atoms with Gasteiger partial charge in [0.1, 0.15) is 0 Å². The van der Waals surface area contributed by atoms with Crippen LogP contribution in [0.4, 0.5) is 0 Å². The molecule has 0 spiro atoms. The molecule has 0 aliphatic rings. The van der Waals surface area contributed by atoms with Gasteiger partial charge >= 0.3 is 0 Å². The molecule has 0 fully saturated rings. The molecule has 3 aromatic rings. The summed E-state index contributed by atoms with van der Waals surface area (Å²) in [5.74, 6) is -0.00965. The molecule has 1 N–H and O–H groups in total. The molecule has 0 saturated heterocycles. The molecule has 0 bridgehead atoms. The Hall–Kier alpha value is -2.60. The number of aryl methyl sites for hydroxylation is 1. The third kappa shape index (κ3) is 4.23. The highest BCUT2D eigenvalue weighted by molar-refractivity contribution is 6.30. The Morgan fingerprint density at radius 2 is 2.04 bits per heavy atom. The maximum Gasteiger partial charge on any atom is 0.221 e. The Morgan fingerprint density at radius 1 is 1.21 bits per heavy atom. The van der Waals surface area contributed by atoms with Gasteiger partial charge in [0.2, 0.25) is 5.91 Å². The highest BCUT2D eigenvalue weighted by Gasteiger charge is 2.14. The monoisotopic (exact) mass is 343 g/mol. The van der Waals surface area contributed by atoms with Gasteiger partial charge in [-0.2, -0.15) is 5.10 Å². The first-order valence-corrected chi connectivity index (χ1v) is 8.07. The van der Waals surface area contributed by atoms with Gasteiger partial charge in [-0.05, 0) is 23.8 Å². The number of carbonyl (C=O) groups is 1. The number of nitrogens with one attached hydrogen (secondary N) is 1. The zero-order chi connectivity index (χ0) is 16.8. The van der Waals surface area contributed by atoms with Gasteiger partial charge in [0.05, 0.1) is 12.4 Å². The third-order valence-electron chi connectivity index (χ3n) is 3.76. The predicted molar refractivity (Wildman–Crippen MR) is 91.7 cm³/mol. The van der Waals surface area contributed by atoms with E-state index in [0.717, 1.165) is 5.56 Å². The van der Waals surface area contributed by atoms with E-state index in [1.807, 2.05) is 47.3 Å². The summed E-state index contributed by atoms with van der Waals surface area (Å²) in [7, 11) is 0. The number of carbonyl (C=O) groups excluding carboxylic acids is 1. The quantitative estimate of drug-likeness (QED) is 0.717. The summed E-state index contributed by atoms with van der Waals surface area (Å²) < 4.78 is 3.71. The lowest BCUT2D eigenvalue weighted by molar-refractivity contribution is -0.121. The zero-order valence-electron chi connectivity index (χ0n) is 13.0. The molecule has 2 aromatic heterocycles. The molecule has 0 saturated carbocycles. The molecule has 24 heavy (non-hydrogen) atoms. The number of hydrogen-bond acceptors (Lipinski definition) is 3. The van der Waals surface area contributed by atoms with Crippen molar-refractivity contribution in [1.82, 2.24) is 24.6 Å². The molecule has 124 valence electrons. The number of hydrogen-bond donors (Lipinski definition) is 1. The maximum atomic E-state index is 12.1. The fourth-order valence-corrected chi connectivity index (χ4v) is 2.61. The van der Waals surface area contributed by atoms with Crippen LogP contribution in [0.25, 0.3) is 0 Å². The largest absolute Gasteiger partial charge is 0.354 e. The Bertz CT molecular complexity index is 753. The number of halogens is 1. The minimum atomic E-state index is -0.0292. The van der Waals surface area contributed by atoms with Crippen molar-refractivity contribution in [3.8, 4) is 0 Å². The normalized spacial score (nSPS) is 12.0. The second kappa shape index (κ2) is 7.79. The fraction of sp³-hybridized carbons (Fsp3) is 0.235. The van der Waals surface area contributed by atoms with Crippen molar-refractivity contribution in [2.45, 2.75) is 19.0 Å². The minimum Gasteiger partial charge on any atom is -0.354 e. The molecule has 0 radical (unpaired) electrons. The number of nitrogens with zero attached hydrogens (tertiary/aromatic N) is 4. The molecule has 1 unspecified atom stereocenters. The van der Waals surface area contributed by atoms with Crippen molar-refractivity contribution >= 4 is 17.5 Å². The molecule has 1 atom stereocenters. The van der Waals surface area contributed by atoms with Gasteiger partial charge in [0.25, 0.3) is 0 Å². The van der Waals surface area contributed by atoms with Crippen LogP contribution in [-0.2, 0) is 11.3 Å². The van der Waals surface area contributed by atoms with Gasteiger partial charge in [0, 0.05) is 49.3 Å². The lowest BCUT2D eigenvalue weighted by Crippen LogP contribution is -2.31. The second-order valence-electron chi connectivity index (χ2n) is 5.40. The fourth-order valence-electron chi connectivity index (χ4n) is 2.48. The average molecular weight is 344 g/mol. The van der Waals surface area contributed by atoms with Gasteiger partial charge < -0.3 is 9.88 Å². The molecule has 0 aliphatic carbocycles. The van der Waals surface area contributed by atoms with Crippen LogP contribution in [-0.4, -0.2) is 31.8 Å². The molecule has 0 aliphatic heterocycles. The van der Waals surface area contributed by atoms with Crippen molar-refractivity contribution < 1.29 is 4.79 Å². The van der Waals surface area contributed by atoms with Gasteiger partial charge in [-0.25, -0.2) is 4.98 Å². The molecule has 6 nitrogen and oxygen atoms in total. The van der Waals surface area contributed by atoms with E-state index in [0.29, 0.717) is 24.5 Å². The summed E-state index contributed by atoms with van der Waals surface area (Å²) in [5, 5.41) is 7.76. The highest BCUT2D eigenvalue weighted by Crippen LogP contribution is 2.20. The molecule has 3 rings (SSSR count). The molecular formula is C17H18ClN5O. The van der Waals surface area contributed by atoms with Gasteiger partial charge in [-0.1, -0.05) is 23.7 Å². The van der Waals surface area contributed by atoms with Crippen LogP contribution in [0.2, 0.25) is 5.02 Å². The smallest absolute Gasteiger partial charge is 0.221 e. The third-order valence-corrected chi connectivity index (χ3v) is 4.01. The number of imidazole rings is 1. The van der Waals surface area contributed by atoms with Crippen LogP contribution < -0.4 is 5.32 Å². The van der Waals surface area contributed by atoms with Crippen LogP contribution in [0.1, 0.15) is 18.0 Å².